The van der Waals surface area contributed by atoms with E-state index in [2.05, 4.69) is 11.1 Å². The second-order valence-corrected chi connectivity index (χ2v) is 6.44. The number of pyridine rings is 1. The molecule has 0 spiro atoms. The molecule has 0 N–H and O–H groups in total. The molecule has 0 bridgehead atoms. The minimum atomic E-state index is -0.395. The summed E-state index contributed by atoms with van der Waals surface area (Å²) in [6.45, 7) is 0. The molecule has 3 nitrogen and oxygen atoms in total. The van der Waals surface area contributed by atoms with Crippen LogP contribution < -0.4 is 0 Å². The number of benzene rings is 1. The van der Waals surface area contributed by atoms with Crippen molar-refractivity contribution in [3.63, 3.8) is 0 Å². The number of halogens is 1. The number of aromatic nitrogens is 1. The molecule has 0 saturated carbocycles. The molecule has 1 aliphatic carbocycles. The van der Waals surface area contributed by atoms with Gasteiger partial charge in [0, 0.05) is 11.4 Å². The van der Waals surface area contributed by atoms with Crippen LogP contribution in [-0.2, 0) is 18.6 Å². The molecule has 0 radical (unpaired) electrons. The van der Waals surface area contributed by atoms with E-state index < -0.39 is 5.82 Å². The van der Waals surface area contributed by atoms with Crippen LogP contribution in [0.15, 0.2) is 29.3 Å². The molecular weight excluding hydrogens is 309 g/mol. The Balaban J connectivity index is 1.83. The molecule has 0 aliphatic heterocycles. The average Bonchev–Trinajstić information content (AvgIpc) is 2.59. The van der Waals surface area contributed by atoms with Crippen molar-refractivity contribution >= 4 is 11.8 Å². The standard InChI is InChI=1S/C18H14FN3S/c19-16-7-12(9-20)5-6-14(16)11-23-18-15(10-21)8-13-3-1-2-4-17(13)22-18/h5-8H,1-4,11H2. The van der Waals surface area contributed by atoms with Gasteiger partial charge in [0.2, 0.25) is 0 Å². The van der Waals surface area contributed by atoms with Gasteiger partial charge in [-0.05, 0) is 55.0 Å². The molecule has 2 aromatic rings. The molecule has 1 aromatic carbocycles. The fourth-order valence-corrected chi connectivity index (χ4v) is 3.65. The molecule has 5 heteroatoms. The van der Waals surface area contributed by atoms with Crippen molar-refractivity contribution in [3.05, 3.63) is 58.0 Å². The van der Waals surface area contributed by atoms with E-state index >= 15 is 0 Å². The molecule has 3 rings (SSSR count). The molecule has 0 atom stereocenters. The molecule has 1 heterocycles. The summed E-state index contributed by atoms with van der Waals surface area (Å²) in [6.07, 6.45) is 4.19. The van der Waals surface area contributed by atoms with Gasteiger partial charge in [-0.3, -0.25) is 0 Å². The Labute approximate surface area is 138 Å². The highest BCUT2D eigenvalue weighted by Crippen LogP contribution is 2.29. The maximum Gasteiger partial charge on any atom is 0.128 e. The Kier molecular flexibility index (Phi) is 4.60. The van der Waals surface area contributed by atoms with Gasteiger partial charge in [-0.15, -0.1) is 11.8 Å². The van der Waals surface area contributed by atoms with Crippen molar-refractivity contribution in [2.75, 3.05) is 0 Å². The predicted octanol–water partition coefficient (Wildman–Crippen LogP) is 4.14. The van der Waals surface area contributed by atoms with Gasteiger partial charge in [-0.2, -0.15) is 10.5 Å². The van der Waals surface area contributed by atoms with Crippen LogP contribution in [0.25, 0.3) is 0 Å². The fourth-order valence-electron chi connectivity index (χ4n) is 2.68. The SMILES string of the molecule is N#Cc1ccc(CSc2nc3c(cc2C#N)CCCC3)c(F)c1. The normalized spacial score (nSPS) is 13.0. The number of hydrogen-bond acceptors (Lipinski definition) is 4. The zero-order valence-corrected chi connectivity index (χ0v) is 13.3. The van der Waals surface area contributed by atoms with Crippen molar-refractivity contribution in [1.82, 2.24) is 4.98 Å². The number of hydrogen-bond donors (Lipinski definition) is 0. The number of nitriles is 2. The van der Waals surface area contributed by atoms with Gasteiger partial charge in [0.15, 0.2) is 0 Å². The molecule has 23 heavy (non-hydrogen) atoms. The molecule has 1 aromatic heterocycles. The monoisotopic (exact) mass is 323 g/mol. The van der Waals surface area contributed by atoms with Crippen molar-refractivity contribution in [1.29, 1.82) is 10.5 Å². The summed E-state index contributed by atoms with van der Waals surface area (Å²) in [4.78, 5) is 4.63. The Hall–Kier alpha value is -2.37. The highest BCUT2D eigenvalue weighted by atomic mass is 32.2. The number of thioether (sulfide) groups is 1. The van der Waals surface area contributed by atoms with Crippen LogP contribution in [-0.4, -0.2) is 4.98 Å². The lowest BCUT2D eigenvalue weighted by molar-refractivity contribution is 0.617. The van der Waals surface area contributed by atoms with E-state index in [0.717, 1.165) is 31.4 Å². The van der Waals surface area contributed by atoms with Crippen molar-refractivity contribution < 1.29 is 4.39 Å². The van der Waals surface area contributed by atoms with Crippen LogP contribution >= 0.6 is 11.8 Å². The van der Waals surface area contributed by atoms with Crippen LogP contribution in [0.5, 0.6) is 0 Å². The van der Waals surface area contributed by atoms with Crippen LogP contribution in [0.2, 0.25) is 0 Å². The van der Waals surface area contributed by atoms with Crippen molar-refractivity contribution in [2.45, 2.75) is 36.5 Å². The molecule has 0 amide bonds. The first-order chi connectivity index (χ1) is 11.2. The predicted molar refractivity (Wildman–Crippen MR) is 86.3 cm³/mol. The summed E-state index contributed by atoms with van der Waals surface area (Å²) in [7, 11) is 0. The van der Waals surface area contributed by atoms with E-state index in [0.29, 0.717) is 27.5 Å². The summed E-state index contributed by atoms with van der Waals surface area (Å²) in [6, 6.07) is 10.5. The van der Waals surface area contributed by atoms with Gasteiger partial charge in [0.05, 0.1) is 17.2 Å². The molecule has 0 saturated heterocycles. The smallest absolute Gasteiger partial charge is 0.128 e. The van der Waals surface area contributed by atoms with Crippen molar-refractivity contribution in [2.24, 2.45) is 0 Å². The third-order valence-electron chi connectivity index (χ3n) is 3.93. The number of fused-ring (bicyclic) bond motifs is 1. The van der Waals surface area contributed by atoms with E-state index in [1.807, 2.05) is 12.1 Å². The lowest BCUT2D eigenvalue weighted by Gasteiger charge is -2.16. The minimum absolute atomic E-state index is 0.306. The molecule has 1 aliphatic rings. The second kappa shape index (κ2) is 6.81. The lowest BCUT2D eigenvalue weighted by atomic mass is 9.95. The maximum atomic E-state index is 13.9. The average molecular weight is 323 g/mol. The highest BCUT2D eigenvalue weighted by Gasteiger charge is 2.16. The van der Waals surface area contributed by atoms with E-state index in [1.54, 1.807) is 12.1 Å². The third-order valence-corrected chi connectivity index (χ3v) is 4.97. The second-order valence-electron chi connectivity index (χ2n) is 5.47. The largest absolute Gasteiger partial charge is 0.245 e. The number of nitrogens with zero attached hydrogens (tertiary/aromatic N) is 3. The summed E-state index contributed by atoms with van der Waals surface area (Å²) in [5.41, 5.74) is 3.61. The first-order valence-corrected chi connectivity index (χ1v) is 8.44. The topological polar surface area (TPSA) is 60.5 Å². The van der Waals surface area contributed by atoms with Gasteiger partial charge in [0.1, 0.15) is 16.9 Å². The Morgan fingerprint density at radius 2 is 1.96 bits per heavy atom. The van der Waals surface area contributed by atoms with E-state index in [4.69, 9.17) is 5.26 Å². The number of aryl methyl sites for hydroxylation is 2. The third kappa shape index (κ3) is 3.36. The Bertz CT molecular complexity index is 833. The zero-order valence-electron chi connectivity index (χ0n) is 12.5. The molecule has 0 unspecified atom stereocenters. The fraction of sp³-hybridized carbons (Fsp3) is 0.278. The summed E-state index contributed by atoms with van der Waals surface area (Å²) in [5, 5.41) is 18.8. The number of rotatable bonds is 3. The van der Waals surface area contributed by atoms with Gasteiger partial charge >= 0.3 is 0 Å². The minimum Gasteiger partial charge on any atom is -0.245 e. The quantitative estimate of drug-likeness (QED) is 0.797. The molecular formula is C18H14FN3S. The summed E-state index contributed by atoms with van der Waals surface area (Å²) < 4.78 is 13.9. The molecule has 114 valence electrons. The highest BCUT2D eigenvalue weighted by molar-refractivity contribution is 7.98. The Morgan fingerprint density at radius 3 is 2.70 bits per heavy atom. The summed E-state index contributed by atoms with van der Waals surface area (Å²) >= 11 is 1.37. The summed E-state index contributed by atoms with van der Waals surface area (Å²) in [5.74, 6) is -0.00844. The van der Waals surface area contributed by atoms with Crippen LogP contribution in [0, 0.1) is 28.5 Å². The van der Waals surface area contributed by atoms with Gasteiger partial charge in [-0.25, -0.2) is 9.37 Å². The van der Waals surface area contributed by atoms with E-state index in [-0.39, 0.29) is 0 Å². The van der Waals surface area contributed by atoms with E-state index in [1.165, 1.54) is 23.4 Å². The van der Waals surface area contributed by atoms with E-state index in [9.17, 15) is 9.65 Å². The van der Waals surface area contributed by atoms with Crippen LogP contribution in [0.3, 0.4) is 0 Å². The van der Waals surface area contributed by atoms with Crippen LogP contribution in [0.4, 0.5) is 4.39 Å². The maximum absolute atomic E-state index is 13.9. The first-order valence-electron chi connectivity index (χ1n) is 7.45. The van der Waals surface area contributed by atoms with Gasteiger partial charge in [0.25, 0.3) is 0 Å². The van der Waals surface area contributed by atoms with Gasteiger partial charge < -0.3 is 0 Å². The zero-order chi connectivity index (χ0) is 16.2. The Morgan fingerprint density at radius 1 is 1.13 bits per heavy atom. The molecule has 0 fully saturated rings. The lowest BCUT2D eigenvalue weighted by Crippen LogP contribution is -2.07. The first kappa shape index (κ1) is 15.5. The van der Waals surface area contributed by atoms with Crippen LogP contribution in [0.1, 0.15) is 40.8 Å². The van der Waals surface area contributed by atoms with Crippen molar-refractivity contribution in [3.8, 4) is 12.1 Å². The van der Waals surface area contributed by atoms with Gasteiger partial charge in [-0.1, -0.05) is 6.07 Å².